The Hall–Kier alpha value is -3.74. The summed E-state index contributed by atoms with van der Waals surface area (Å²) >= 11 is 0. The van der Waals surface area contributed by atoms with E-state index < -0.39 is 0 Å². The van der Waals surface area contributed by atoms with Gasteiger partial charge >= 0.3 is 0 Å². The van der Waals surface area contributed by atoms with Crippen molar-refractivity contribution in [2.45, 2.75) is 44.7 Å². The third-order valence-electron chi connectivity index (χ3n) is 6.17. The predicted octanol–water partition coefficient (Wildman–Crippen LogP) is 4.42. The summed E-state index contributed by atoms with van der Waals surface area (Å²) in [4.78, 5) is 11.7. The molecule has 0 aliphatic heterocycles. The molecule has 162 valence electrons. The minimum atomic E-state index is 0.118. The van der Waals surface area contributed by atoms with Gasteiger partial charge in [0.2, 0.25) is 5.91 Å². The van der Waals surface area contributed by atoms with Gasteiger partial charge in [-0.05, 0) is 48.6 Å². The monoisotopic (exact) mass is 426 g/mol. The Morgan fingerprint density at radius 1 is 1.03 bits per heavy atom. The standard InChI is InChI=1S/C25H26N6O/c1-2-24(32)28-21-10-13-23(16-21)30-17-26-29-25(30)20-6-4-18(5-7-20)19-8-11-22(12-9-19)31-15-3-14-27-31/h3-9,11-12,14-15,17,21,23H,2,10,13,16H2,1H3,(H,28,32)/t21-,23+/m0/s1. The first kappa shape index (κ1) is 20.2. The highest BCUT2D eigenvalue weighted by Gasteiger charge is 2.28. The first-order valence-corrected chi connectivity index (χ1v) is 11.1. The average Bonchev–Trinajstić information content (AvgIpc) is 3.61. The molecule has 1 amide bonds. The maximum absolute atomic E-state index is 11.7. The Morgan fingerprint density at radius 2 is 1.75 bits per heavy atom. The second-order valence-corrected chi connectivity index (χ2v) is 8.22. The van der Waals surface area contributed by atoms with E-state index >= 15 is 0 Å². The van der Waals surface area contributed by atoms with Gasteiger partial charge in [-0.3, -0.25) is 4.79 Å². The zero-order valence-electron chi connectivity index (χ0n) is 18.1. The van der Waals surface area contributed by atoms with Gasteiger partial charge in [0.05, 0.1) is 5.69 Å². The molecule has 1 N–H and O–H groups in total. The smallest absolute Gasteiger partial charge is 0.219 e. The second kappa shape index (κ2) is 8.78. The lowest BCUT2D eigenvalue weighted by atomic mass is 10.0. The molecule has 0 saturated heterocycles. The van der Waals surface area contributed by atoms with Gasteiger partial charge in [-0.15, -0.1) is 10.2 Å². The van der Waals surface area contributed by atoms with Crippen LogP contribution in [0.2, 0.25) is 0 Å². The first-order chi connectivity index (χ1) is 15.7. The molecule has 4 aromatic rings. The van der Waals surface area contributed by atoms with Crippen LogP contribution in [0.15, 0.2) is 73.3 Å². The molecular formula is C25H26N6O. The minimum Gasteiger partial charge on any atom is -0.353 e. The minimum absolute atomic E-state index is 0.118. The SMILES string of the molecule is CCC(=O)N[C@H]1CC[C@@H](n2cnnc2-c2ccc(-c3ccc(-n4cccn4)cc3)cc2)C1. The van der Waals surface area contributed by atoms with E-state index in [1.807, 2.05) is 30.2 Å². The van der Waals surface area contributed by atoms with Gasteiger partial charge in [0, 0.05) is 36.5 Å². The van der Waals surface area contributed by atoms with E-state index in [1.54, 1.807) is 6.20 Å². The fourth-order valence-corrected chi connectivity index (χ4v) is 4.43. The van der Waals surface area contributed by atoms with Crippen molar-refractivity contribution in [1.82, 2.24) is 29.9 Å². The summed E-state index contributed by atoms with van der Waals surface area (Å²) in [6, 6.07) is 19.2. The zero-order chi connectivity index (χ0) is 21.9. The van der Waals surface area contributed by atoms with Gasteiger partial charge in [0.1, 0.15) is 6.33 Å². The molecular weight excluding hydrogens is 400 g/mol. The third-order valence-corrected chi connectivity index (χ3v) is 6.17. The van der Waals surface area contributed by atoms with Gasteiger partial charge in [-0.25, -0.2) is 4.68 Å². The van der Waals surface area contributed by atoms with E-state index in [2.05, 4.69) is 73.7 Å². The third kappa shape index (κ3) is 4.06. The number of nitrogens with zero attached hydrogens (tertiary/aromatic N) is 5. The second-order valence-electron chi connectivity index (χ2n) is 8.22. The molecule has 1 aliphatic rings. The molecule has 2 aromatic heterocycles. The summed E-state index contributed by atoms with van der Waals surface area (Å²) in [5, 5.41) is 16.0. The van der Waals surface area contributed by atoms with Crippen molar-refractivity contribution in [3.05, 3.63) is 73.3 Å². The lowest BCUT2D eigenvalue weighted by Crippen LogP contribution is -2.32. The van der Waals surface area contributed by atoms with Crippen molar-refractivity contribution < 1.29 is 4.79 Å². The molecule has 2 atom stereocenters. The summed E-state index contributed by atoms with van der Waals surface area (Å²) in [6.45, 7) is 1.89. The Balaban J connectivity index is 1.31. The van der Waals surface area contributed by atoms with Crippen LogP contribution in [0.25, 0.3) is 28.2 Å². The van der Waals surface area contributed by atoms with E-state index in [9.17, 15) is 4.79 Å². The molecule has 1 saturated carbocycles. The van der Waals surface area contributed by atoms with Crippen molar-refractivity contribution >= 4 is 5.91 Å². The molecule has 7 nitrogen and oxygen atoms in total. The van der Waals surface area contributed by atoms with E-state index in [1.165, 1.54) is 0 Å². The van der Waals surface area contributed by atoms with Crippen molar-refractivity contribution in [1.29, 1.82) is 0 Å². The lowest BCUT2D eigenvalue weighted by Gasteiger charge is -2.16. The van der Waals surface area contributed by atoms with Gasteiger partial charge in [-0.2, -0.15) is 5.10 Å². The highest BCUT2D eigenvalue weighted by molar-refractivity contribution is 5.75. The van der Waals surface area contributed by atoms with Crippen LogP contribution in [-0.4, -0.2) is 36.5 Å². The zero-order valence-corrected chi connectivity index (χ0v) is 18.1. The lowest BCUT2D eigenvalue weighted by molar-refractivity contribution is -0.121. The number of rotatable bonds is 6. The molecule has 0 radical (unpaired) electrons. The average molecular weight is 427 g/mol. The number of hydrogen-bond acceptors (Lipinski definition) is 4. The fraction of sp³-hybridized carbons (Fsp3) is 0.280. The van der Waals surface area contributed by atoms with Crippen LogP contribution < -0.4 is 5.32 Å². The molecule has 2 aromatic carbocycles. The number of carbonyl (C=O) groups excluding carboxylic acids is 1. The number of carbonyl (C=O) groups is 1. The molecule has 2 heterocycles. The normalized spacial score (nSPS) is 18.0. The largest absolute Gasteiger partial charge is 0.353 e. The van der Waals surface area contributed by atoms with Crippen LogP contribution in [0.1, 0.15) is 38.6 Å². The highest BCUT2D eigenvalue weighted by Crippen LogP contribution is 2.33. The molecule has 0 bridgehead atoms. The molecule has 1 fully saturated rings. The molecule has 7 heteroatoms. The van der Waals surface area contributed by atoms with Crippen LogP contribution in [0.4, 0.5) is 0 Å². The summed E-state index contributed by atoms with van der Waals surface area (Å²) in [5.41, 5.74) is 4.38. The number of hydrogen-bond donors (Lipinski definition) is 1. The number of benzene rings is 2. The van der Waals surface area contributed by atoms with Crippen LogP contribution in [0.5, 0.6) is 0 Å². The molecule has 5 rings (SSSR count). The van der Waals surface area contributed by atoms with Crippen LogP contribution >= 0.6 is 0 Å². The van der Waals surface area contributed by atoms with Crippen molar-refractivity contribution in [3.8, 4) is 28.2 Å². The first-order valence-electron chi connectivity index (χ1n) is 11.1. The van der Waals surface area contributed by atoms with Crippen molar-refractivity contribution in [3.63, 3.8) is 0 Å². The van der Waals surface area contributed by atoms with Gasteiger partial charge in [0.25, 0.3) is 0 Å². The Kier molecular flexibility index (Phi) is 5.54. The Labute approximate surface area is 187 Å². The molecule has 1 aliphatic carbocycles. The van der Waals surface area contributed by atoms with E-state index in [0.717, 1.165) is 47.5 Å². The molecule has 0 unspecified atom stereocenters. The molecule has 32 heavy (non-hydrogen) atoms. The van der Waals surface area contributed by atoms with Gasteiger partial charge in [-0.1, -0.05) is 43.3 Å². The van der Waals surface area contributed by atoms with Crippen LogP contribution in [0.3, 0.4) is 0 Å². The summed E-state index contributed by atoms with van der Waals surface area (Å²) in [7, 11) is 0. The summed E-state index contributed by atoms with van der Waals surface area (Å²) < 4.78 is 4.01. The quantitative estimate of drug-likeness (QED) is 0.495. The van der Waals surface area contributed by atoms with E-state index in [4.69, 9.17) is 0 Å². The summed E-state index contributed by atoms with van der Waals surface area (Å²) in [6.07, 6.45) is 8.96. The highest BCUT2D eigenvalue weighted by atomic mass is 16.1. The number of nitrogens with one attached hydrogen (secondary N) is 1. The number of aromatic nitrogens is 5. The van der Waals surface area contributed by atoms with E-state index in [-0.39, 0.29) is 11.9 Å². The Bertz CT molecular complexity index is 1180. The predicted molar refractivity (Wildman–Crippen MR) is 123 cm³/mol. The topological polar surface area (TPSA) is 77.6 Å². The van der Waals surface area contributed by atoms with Crippen molar-refractivity contribution in [2.75, 3.05) is 0 Å². The van der Waals surface area contributed by atoms with Crippen molar-refractivity contribution in [2.24, 2.45) is 0 Å². The number of amides is 1. The molecule has 0 spiro atoms. The van der Waals surface area contributed by atoms with Gasteiger partial charge < -0.3 is 9.88 Å². The summed E-state index contributed by atoms with van der Waals surface area (Å²) in [5.74, 6) is 0.992. The Morgan fingerprint density at radius 3 is 2.44 bits per heavy atom. The maximum Gasteiger partial charge on any atom is 0.219 e. The maximum atomic E-state index is 11.7. The van der Waals surface area contributed by atoms with E-state index in [0.29, 0.717) is 12.5 Å². The van der Waals surface area contributed by atoms with Crippen LogP contribution in [0, 0.1) is 0 Å². The van der Waals surface area contributed by atoms with Crippen LogP contribution in [-0.2, 0) is 4.79 Å². The van der Waals surface area contributed by atoms with Gasteiger partial charge in [0.15, 0.2) is 5.82 Å². The fourth-order valence-electron chi connectivity index (χ4n) is 4.43.